The average Bonchev–Trinajstić information content (AvgIpc) is 1.64. The number of methoxy groups -OCH3 is 1. The van der Waals surface area contributed by atoms with Crippen LogP contribution in [0, 0.1) is 11.6 Å². The first-order valence-electron chi connectivity index (χ1n) is 33.8. The highest BCUT2D eigenvalue weighted by molar-refractivity contribution is 5.98. The van der Waals surface area contributed by atoms with Gasteiger partial charge in [0.05, 0.1) is 41.3 Å². The Morgan fingerprint density at radius 1 is 0.349 bits per heavy atom. The minimum Gasteiger partial charge on any atom is -0.497 e. The molecule has 0 radical (unpaired) electrons. The number of rotatable bonds is 25. The Kier molecular flexibility index (Phi) is 23.0. The summed E-state index contributed by atoms with van der Waals surface area (Å²) >= 11 is 0. The molecule has 0 aliphatic carbocycles. The van der Waals surface area contributed by atoms with Gasteiger partial charge in [-0.25, -0.2) is 8.78 Å². The first-order valence-corrected chi connectivity index (χ1v) is 33.8. The lowest BCUT2D eigenvalue weighted by atomic mass is 10.1. The number of benzene rings is 6. The number of hydrogen-bond acceptors (Lipinski definition) is 19. The van der Waals surface area contributed by atoms with E-state index in [9.17, 15) is 48.3 Å². The summed E-state index contributed by atoms with van der Waals surface area (Å²) in [6.07, 6.45) is -12.1. The van der Waals surface area contributed by atoms with Gasteiger partial charge in [-0.15, -0.1) is 45.9 Å². The van der Waals surface area contributed by atoms with E-state index < -0.39 is 36.0 Å². The van der Waals surface area contributed by atoms with Gasteiger partial charge < -0.3 is 34.9 Å². The second kappa shape index (κ2) is 33.5. The number of pyridine rings is 3. The van der Waals surface area contributed by atoms with Gasteiger partial charge in [0, 0.05) is 52.0 Å². The molecule has 0 amide bonds. The van der Waals surface area contributed by atoms with Gasteiger partial charge in [0.25, 0.3) is 17.5 Å². The molecule has 9 aromatic heterocycles. The van der Waals surface area contributed by atoms with E-state index in [1.807, 2.05) is 66.7 Å². The summed E-state index contributed by atoms with van der Waals surface area (Å²) in [4.78, 5) is 13.7. The van der Waals surface area contributed by atoms with Crippen molar-refractivity contribution in [2.24, 2.45) is 0 Å². The SMILES string of the molecule is COc1ccc(CCNCc2cccc(COc3nn4c(C(F)(F)F)nnc4c4ccccc34)n2)cc1.Fc1cccc(CCNCc2cccc(COc3nn4c(C(F)(F)F)nnc4c4ccccc34)n2)c1.Fc1ccccc1CCNCc1cccc(COc2nn3c(C(F)(F)F)nnc3c3ccccc23)n1. The Balaban J connectivity index is 0.000000144. The van der Waals surface area contributed by atoms with E-state index in [1.165, 1.54) is 23.8 Å². The molecule has 22 nitrogen and oxygen atoms in total. The van der Waals surface area contributed by atoms with Gasteiger partial charge in [-0.05, 0) is 141 Å². The van der Waals surface area contributed by atoms with Crippen LogP contribution in [-0.2, 0) is 77.2 Å². The van der Waals surface area contributed by atoms with Crippen LogP contribution in [0.2, 0.25) is 0 Å². The third-order valence-corrected chi connectivity index (χ3v) is 16.8. The maximum absolute atomic E-state index is 13.7. The molecule has 15 aromatic rings. The molecule has 6 aromatic carbocycles. The topological polar surface area (TPSA) is 241 Å². The molecular weight excluding hydrogens is 1440 g/mol. The number of nitrogens with one attached hydrogen (secondary N) is 3. The van der Waals surface area contributed by atoms with Crippen molar-refractivity contribution < 1.29 is 67.2 Å². The quantitative estimate of drug-likeness (QED) is 0.0356. The molecule has 3 N–H and O–H groups in total. The van der Waals surface area contributed by atoms with Crippen molar-refractivity contribution >= 4 is 49.3 Å². The molecule has 15 rings (SSSR count). The van der Waals surface area contributed by atoms with Crippen LogP contribution >= 0.6 is 0 Å². The van der Waals surface area contributed by atoms with Gasteiger partial charge in [-0.3, -0.25) is 15.0 Å². The molecule has 0 aliphatic rings. The molecule has 558 valence electrons. The van der Waals surface area contributed by atoms with Crippen molar-refractivity contribution in [3.8, 4) is 23.4 Å². The summed E-state index contributed by atoms with van der Waals surface area (Å²) in [6.45, 7) is 3.53. The monoisotopic (exact) mass is 1500 g/mol. The summed E-state index contributed by atoms with van der Waals surface area (Å²) in [6, 6.07) is 57.8. The molecule has 0 aliphatic heterocycles. The normalized spacial score (nSPS) is 11.9. The smallest absolute Gasteiger partial charge is 0.453 e. The number of hydrogen-bond donors (Lipinski definition) is 3. The second-order valence-corrected chi connectivity index (χ2v) is 24.4. The molecule has 33 heteroatoms. The summed E-state index contributed by atoms with van der Waals surface area (Å²) < 4.78 is 172. The molecule has 0 fully saturated rings. The first-order chi connectivity index (χ1) is 52.7. The van der Waals surface area contributed by atoms with Crippen molar-refractivity contribution in [3.05, 3.63) is 280 Å². The predicted molar refractivity (Wildman–Crippen MR) is 378 cm³/mol. The zero-order valence-corrected chi connectivity index (χ0v) is 57.5. The highest BCUT2D eigenvalue weighted by atomic mass is 19.4. The highest BCUT2D eigenvalue weighted by Crippen LogP contribution is 2.36. The second-order valence-electron chi connectivity index (χ2n) is 24.4. The molecule has 0 saturated heterocycles. The maximum atomic E-state index is 13.7. The molecule has 0 atom stereocenters. The minimum absolute atomic E-state index is 0.00309. The third-order valence-electron chi connectivity index (χ3n) is 16.8. The molecule has 109 heavy (non-hydrogen) atoms. The largest absolute Gasteiger partial charge is 0.497 e. The van der Waals surface area contributed by atoms with Crippen LogP contribution in [0.4, 0.5) is 48.3 Å². The predicted octanol–water partition coefficient (Wildman–Crippen LogP) is 14.1. The van der Waals surface area contributed by atoms with Crippen LogP contribution in [0.1, 0.15) is 68.3 Å². The van der Waals surface area contributed by atoms with Crippen molar-refractivity contribution in [1.29, 1.82) is 0 Å². The number of fused-ring (bicyclic) bond motifs is 9. The standard InChI is InChI=1S/C26H23F3N6O2.2C25H20F4N6O/c1-36-20-11-9-17(10-12-20)13-14-30-15-18-5-4-6-19(31-18)16-37-24-22-8-3-2-7-21(22)23-32-33-25(26(27,28)29)35(23)34-24;26-21-11-4-1-6-16(21)12-13-30-14-17-7-5-8-18(31-17)15-36-23-20-10-3-2-9-19(20)22-32-33-24(25(27,28)29)35(22)34-23;26-17-6-3-5-16(13-17)11-12-30-14-18-7-4-8-19(31-18)15-36-23-21-10-2-1-9-20(21)22-32-33-24(25(27,28)29)35(22)34-23/h2-12,30H,13-16H2,1H3;1-11,30H,12-15H2;1-10,13,30H,11-12,14-15H2. The van der Waals surface area contributed by atoms with Crippen LogP contribution in [0.25, 0.3) is 49.3 Å². The molecule has 0 saturated carbocycles. The number of ether oxygens (including phenoxy) is 4. The number of nitrogens with zero attached hydrogens (tertiary/aromatic N) is 15. The summed E-state index contributed by atoms with van der Waals surface area (Å²) in [5, 5.41) is 45.8. The van der Waals surface area contributed by atoms with Gasteiger partial charge in [0.1, 0.15) is 37.2 Å². The molecular formula is C76H63F11N18O4. The number of halogens is 11. The van der Waals surface area contributed by atoms with E-state index >= 15 is 0 Å². The van der Waals surface area contributed by atoms with E-state index in [4.69, 9.17) is 18.9 Å². The van der Waals surface area contributed by atoms with Gasteiger partial charge in [-0.1, -0.05) is 115 Å². The Morgan fingerprint density at radius 3 is 1.07 bits per heavy atom. The van der Waals surface area contributed by atoms with Gasteiger partial charge in [-0.2, -0.15) is 53.1 Å². The van der Waals surface area contributed by atoms with E-state index in [0.29, 0.717) is 114 Å². The Bertz CT molecular complexity index is 5650. The van der Waals surface area contributed by atoms with Crippen LogP contribution in [-0.4, -0.2) is 101 Å². The molecule has 0 spiro atoms. The lowest BCUT2D eigenvalue weighted by Crippen LogP contribution is -2.18. The molecule has 9 heterocycles. The van der Waals surface area contributed by atoms with Gasteiger partial charge in [0.15, 0.2) is 16.9 Å². The number of alkyl halides is 9. The maximum Gasteiger partial charge on any atom is 0.453 e. The van der Waals surface area contributed by atoms with E-state index in [-0.39, 0.29) is 66.0 Å². The summed E-state index contributed by atoms with van der Waals surface area (Å²) in [7, 11) is 1.64. The zero-order chi connectivity index (χ0) is 76.1. The molecule has 0 bridgehead atoms. The van der Waals surface area contributed by atoms with Crippen LogP contribution in [0.3, 0.4) is 0 Å². The fourth-order valence-corrected chi connectivity index (χ4v) is 11.6. The van der Waals surface area contributed by atoms with E-state index in [0.717, 1.165) is 41.4 Å². The Hall–Kier alpha value is -12.5. The lowest BCUT2D eigenvalue weighted by Gasteiger charge is -2.11. The van der Waals surface area contributed by atoms with Crippen molar-refractivity contribution in [1.82, 2.24) is 90.3 Å². The Labute approximate surface area is 612 Å². The highest BCUT2D eigenvalue weighted by Gasteiger charge is 2.41. The van der Waals surface area contributed by atoms with Gasteiger partial charge in [0.2, 0.25) is 17.6 Å². The first kappa shape index (κ1) is 74.8. The number of aromatic nitrogens is 15. The Morgan fingerprint density at radius 2 is 0.697 bits per heavy atom. The molecule has 0 unspecified atom stereocenters. The summed E-state index contributed by atoms with van der Waals surface area (Å²) in [5.41, 5.74) is 6.86. The van der Waals surface area contributed by atoms with Gasteiger partial charge >= 0.3 is 18.5 Å². The lowest BCUT2D eigenvalue weighted by molar-refractivity contribution is -0.147. The van der Waals surface area contributed by atoms with Crippen LogP contribution in [0.15, 0.2) is 200 Å². The van der Waals surface area contributed by atoms with E-state index in [2.05, 4.69) is 76.8 Å². The van der Waals surface area contributed by atoms with Crippen LogP contribution in [0.5, 0.6) is 23.4 Å². The van der Waals surface area contributed by atoms with Crippen molar-refractivity contribution in [2.75, 3.05) is 26.7 Å². The van der Waals surface area contributed by atoms with Crippen molar-refractivity contribution in [3.63, 3.8) is 0 Å². The summed E-state index contributed by atoms with van der Waals surface area (Å²) in [5.74, 6) is -3.26. The fourth-order valence-electron chi connectivity index (χ4n) is 11.6. The van der Waals surface area contributed by atoms with Crippen LogP contribution < -0.4 is 34.9 Å². The van der Waals surface area contributed by atoms with Crippen molar-refractivity contribution in [2.45, 2.75) is 77.2 Å². The minimum atomic E-state index is -4.72. The fraction of sp³-hybridized carbons (Fsp3) is 0.211. The van der Waals surface area contributed by atoms with E-state index in [1.54, 1.807) is 122 Å². The average molecular weight is 1500 g/mol. The zero-order valence-electron chi connectivity index (χ0n) is 57.5. The third kappa shape index (κ3) is 18.5.